The second-order valence-corrected chi connectivity index (χ2v) is 9.13. The maximum absolute atomic E-state index is 12.9. The Hall–Kier alpha value is -2.58. The second-order valence-electron chi connectivity index (χ2n) is 9.13. The van der Waals surface area contributed by atoms with Crippen LogP contribution in [-0.4, -0.2) is 58.6 Å². The van der Waals surface area contributed by atoms with Gasteiger partial charge in [-0.2, -0.15) is 0 Å². The van der Waals surface area contributed by atoms with Crippen molar-refractivity contribution in [2.45, 2.75) is 51.7 Å². The zero-order valence-electron chi connectivity index (χ0n) is 16.7. The van der Waals surface area contributed by atoms with Gasteiger partial charge >= 0.3 is 0 Å². The lowest BCUT2D eigenvalue weighted by atomic mass is 9.82. The number of carbonyl (C=O) groups is 4. The van der Waals surface area contributed by atoms with Crippen LogP contribution < -0.4 is 11.1 Å². The van der Waals surface area contributed by atoms with E-state index in [4.69, 9.17) is 5.73 Å². The van der Waals surface area contributed by atoms with Crippen LogP contribution in [-0.2, 0) is 16.1 Å². The average Bonchev–Trinajstić information content (AvgIpc) is 2.84. The lowest BCUT2D eigenvalue weighted by molar-refractivity contribution is -0.136. The van der Waals surface area contributed by atoms with Crippen LogP contribution in [0.5, 0.6) is 0 Å². The van der Waals surface area contributed by atoms with E-state index in [1.807, 2.05) is 6.07 Å². The Morgan fingerprint density at radius 3 is 2.55 bits per heavy atom. The summed E-state index contributed by atoms with van der Waals surface area (Å²) in [5, 5.41) is 2.21. The van der Waals surface area contributed by atoms with Crippen molar-refractivity contribution >= 4 is 23.6 Å². The molecule has 3 aliphatic heterocycles. The molecule has 8 nitrogen and oxygen atoms in total. The molecule has 0 saturated carbocycles. The van der Waals surface area contributed by atoms with E-state index in [-0.39, 0.29) is 30.2 Å². The van der Waals surface area contributed by atoms with Crippen LogP contribution in [0.4, 0.5) is 0 Å². The van der Waals surface area contributed by atoms with Gasteiger partial charge in [0.2, 0.25) is 11.8 Å². The number of likely N-dealkylation sites (tertiary alicyclic amines) is 1. The number of hydrogen-bond acceptors (Lipinski definition) is 6. The van der Waals surface area contributed by atoms with Crippen LogP contribution in [0.15, 0.2) is 18.2 Å². The molecule has 3 heterocycles. The molecule has 8 heteroatoms. The fourth-order valence-electron chi connectivity index (χ4n) is 4.84. The molecule has 1 aromatic carbocycles. The van der Waals surface area contributed by atoms with E-state index in [2.05, 4.69) is 24.1 Å². The molecule has 2 fully saturated rings. The number of fused-ring (bicyclic) bond motifs is 1. The van der Waals surface area contributed by atoms with Crippen molar-refractivity contribution in [3.8, 4) is 0 Å². The summed E-state index contributed by atoms with van der Waals surface area (Å²) in [5.74, 6) is -1.93. The maximum atomic E-state index is 12.9. The van der Waals surface area contributed by atoms with E-state index in [1.54, 1.807) is 12.1 Å². The molecule has 29 heavy (non-hydrogen) atoms. The van der Waals surface area contributed by atoms with E-state index in [9.17, 15) is 19.2 Å². The standard InChI is InChI=1S/C21H26N4O4/c1-21(2)8-13(22)10-24(11-21)9-12-3-4-14-15(7-12)20(29)25(19(14)28)16-5-6-17(26)23-18(16)27/h3-4,7,13,16H,5-6,8-11,22H2,1-2H3,(H,23,26,27). The van der Waals surface area contributed by atoms with E-state index in [1.165, 1.54) is 0 Å². The summed E-state index contributed by atoms with van der Waals surface area (Å²) in [6, 6.07) is 4.43. The van der Waals surface area contributed by atoms with Crippen LogP contribution in [0.1, 0.15) is 59.4 Å². The topological polar surface area (TPSA) is 113 Å². The Balaban J connectivity index is 1.54. The Morgan fingerprint density at radius 1 is 1.14 bits per heavy atom. The minimum atomic E-state index is -0.940. The fraction of sp³-hybridized carbons (Fsp3) is 0.524. The summed E-state index contributed by atoms with van der Waals surface area (Å²) in [5.41, 5.74) is 7.88. The number of rotatable bonds is 3. The highest BCUT2D eigenvalue weighted by atomic mass is 16.2. The minimum Gasteiger partial charge on any atom is -0.327 e. The van der Waals surface area contributed by atoms with Crippen LogP contribution in [0.25, 0.3) is 0 Å². The van der Waals surface area contributed by atoms with E-state index < -0.39 is 23.8 Å². The van der Waals surface area contributed by atoms with Crippen molar-refractivity contribution in [1.29, 1.82) is 0 Å². The number of benzene rings is 1. The summed E-state index contributed by atoms with van der Waals surface area (Å²) >= 11 is 0. The van der Waals surface area contributed by atoms with Gasteiger partial charge in [-0.3, -0.25) is 34.3 Å². The monoisotopic (exact) mass is 398 g/mol. The highest BCUT2D eigenvalue weighted by molar-refractivity contribution is 6.23. The molecule has 4 amide bonds. The summed E-state index contributed by atoms with van der Waals surface area (Å²) in [7, 11) is 0. The molecule has 4 rings (SSSR count). The highest BCUT2D eigenvalue weighted by Gasteiger charge is 2.44. The first kappa shape index (κ1) is 19.7. The molecule has 0 spiro atoms. The number of nitrogens with one attached hydrogen (secondary N) is 1. The number of piperidine rings is 2. The SMILES string of the molecule is CC1(C)CC(N)CN(Cc2ccc3c(c2)C(=O)N(C2CCC(=O)NC2=O)C3=O)C1. The van der Waals surface area contributed by atoms with Gasteiger partial charge in [0.1, 0.15) is 6.04 Å². The number of nitrogens with two attached hydrogens (primary N) is 1. The van der Waals surface area contributed by atoms with Gasteiger partial charge in [0, 0.05) is 32.1 Å². The Morgan fingerprint density at radius 2 is 1.86 bits per heavy atom. The first-order chi connectivity index (χ1) is 13.6. The number of imide groups is 2. The van der Waals surface area contributed by atoms with Crippen molar-refractivity contribution < 1.29 is 19.2 Å². The van der Waals surface area contributed by atoms with Gasteiger partial charge in [-0.15, -0.1) is 0 Å². The number of carbonyl (C=O) groups excluding carboxylic acids is 4. The largest absolute Gasteiger partial charge is 0.327 e. The van der Waals surface area contributed by atoms with Crippen LogP contribution in [0.3, 0.4) is 0 Å². The molecule has 0 aliphatic carbocycles. The molecule has 2 unspecified atom stereocenters. The third kappa shape index (κ3) is 3.70. The van der Waals surface area contributed by atoms with Gasteiger partial charge in [0.05, 0.1) is 11.1 Å². The molecule has 2 saturated heterocycles. The molecular weight excluding hydrogens is 372 g/mol. The van der Waals surface area contributed by atoms with E-state index >= 15 is 0 Å². The van der Waals surface area contributed by atoms with Gasteiger partial charge in [-0.05, 0) is 36.0 Å². The Labute approximate surface area is 169 Å². The average molecular weight is 398 g/mol. The predicted molar refractivity (Wildman–Crippen MR) is 105 cm³/mol. The third-order valence-electron chi connectivity index (χ3n) is 5.87. The lowest BCUT2D eigenvalue weighted by Crippen LogP contribution is -2.54. The lowest BCUT2D eigenvalue weighted by Gasteiger charge is -2.41. The molecule has 2 atom stereocenters. The summed E-state index contributed by atoms with van der Waals surface area (Å²) in [6.07, 6.45) is 1.24. The molecule has 3 aliphatic rings. The third-order valence-corrected chi connectivity index (χ3v) is 5.87. The van der Waals surface area contributed by atoms with Crippen molar-refractivity contribution in [2.75, 3.05) is 13.1 Å². The van der Waals surface area contributed by atoms with Crippen LogP contribution in [0.2, 0.25) is 0 Å². The normalized spacial score (nSPS) is 27.2. The predicted octanol–water partition coefficient (Wildman–Crippen LogP) is 0.647. The van der Waals surface area contributed by atoms with E-state index in [0.29, 0.717) is 17.7 Å². The van der Waals surface area contributed by atoms with Crippen LogP contribution >= 0.6 is 0 Å². The van der Waals surface area contributed by atoms with Gasteiger partial charge in [-0.1, -0.05) is 19.9 Å². The van der Waals surface area contributed by atoms with Crippen molar-refractivity contribution in [3.63, 3.8) is 0 Å². The molecule has 154 valence electrons. The summed E-state index contributed by atoms with van der Waals surface area (Å²) in [4.78, 5) is 52.5. The molecule has 1 aromatic rings. The zero-order chi connectivity index (χ0) is 20.9. The zero-order valence-corrected chi connectivity index (χ0v) is 16.7. The fourth-order valence-corrected chi connectivity index (χ4v) is 4.84. The van der Waals surface area contributed by atoms with Crippen molar-refractivity contribution in [3.05, 3.63) is 34.9 Å². The summed E-state index contributed by atoms with van der Waals surface area (Å²) < 4.78 is 0. The molecule has 0 aromatic heterocycles. The molecule has 0 bridgehead atoms. The summed E-state index contributed by atoms with van der Waals surface area (Å²) in [6.45, 7) is 6.73. The minimum absolute atomic E-state index is 0.111. The quantitative estimate of drug-likeness (QED) is 0.723. The van der Waals surface area contributed by atoms with Gasteiger partial charge < -0.3 is 5.73 Å². The Kier molecular flexibility index (Phi) is 4.78. The second kappa shape index (κ2) is 7.03. The number of amides is 4. The van der Waals surface area contributed by atoms with Crippen LogP contribution in [0, 0.1) is 5.41 Å². The molecular formula is C21H26N4O4. The van der Waals surface area contributed by atoms with E-state index in [0.717, 1.165) is 30.0 Å². The first-order valence-corrected chi connectivity index (χ1v) is 9.97. The van der Waals surface area contributed by atoms with Crippen molar-refractivity contribution in [2.24, 2.45) is 11.1 Å². The van der Waals surface area contributed by atoms with Gasteiger partial charge in [0.15, 0.2) is 0 Å². The van der Waals surface area contributed by atoms with Gasteiger partial charge in [-0.25, -0.2) is 0 Å². The molecule has 0 radical (unpaired) electrons. The molecule has 3 N–H and O–H groups in total. The smallest absolute Gasteiger partial charge is 0.262 e. The van der Waals surface area contributed by atoms with Crippen molar-refractivity contribution in [1.82, 2.24) is 15.1 Å². The number of nitrogens with zero attached hydrogens (tertiary/aromatic N) is 2. The first-order valence-electron chi connectivity index (χ1n) is 9.97. The maximum Gasteiger partial charge on any atom is 0.262 e. The number of hydrogen-bond donors (Lipinski definition) is 2. The van der Waals surface area contributed by atoms with Gasteiger partial charge in [0.25, 0.3) is 11.8 Å². The highest BCUT2D eigenvalue weighted by Crippen LogP contribution is 2.31. The Bertz CT molecular complexity index is 910.